The van der Waals surface area contributed by atoms with E-state index in [2.05, 4.69) is 24.1 Å². The van der Waals surface area contributed by atoms with Gasteiger partial charge in [-0.3, -0.25) is 9.69 Å². The summed E-state index contributed by atoms with van der Waals surface area (Å²) in [5.74, 6) is 1.45. The minimum atomic E-state index is -0.191. The summed E-state index contributed by atoms with van der Waals surface area (Å²) >= 11 is 6.19. The quantitative estimate of drug-likeness (QED) is 0.863. The van der Waals surface area contributed by atoms with Gasteiger partial charge in [0.1, 0.15) is 13.2 Å². The van der Waals surface area contributed by atoms with Crippen molar-refractivity contribution in [1.82, 2.24) is 10.2 Å². The number of morpholine rings is 1. The van der Waals surface area contributed by atoms with Gasteiger partial charge in [-0.25, -0.2) is 0 Å². The molecule has 0 unspecified atom stereocenters. The van der Waals surface area contributed by atoms with Crippen molar-refractivity contribution in [1.29, 1.82) is 0 Å². The number of amides is 1. The van der Waals surface area contributed by atoms with E-state index in [1.807, 2.05) is 0 Å². The molecule has 0 spiro atoms. The first-order valence-corrected chi connectivity index (χ1v) is 9.12. The molecule has 0 aromatic heterocycles. The topological polar surface area (TPSA) is 60.0 Å². The largest absolute Gasteiger partial charge is 0.486 e. The van der Waals surface area contributed by atoms with Gasteiger partial charge in [0.05, 0.1) is 17.7 Å². The number of hydrogen-bond acceptors (Lipinski definition) is 5. The smallest absolute Gasteiger partial charge is 0.251 e. The van der Waals surface area contributed by atoms with Gasteiger partial charge in [-0.15, -0.1) is 0 Å². The zero-order valence-corrected chi connectivity index (χ0v) is 15.5. The van der Waals surface area contributed by atoms with E-state index in [4.69, 9.17) is 25.8 Å². The zero-order valence-electron chi connectivity index (χ0n) is 14.7. The number of ether oxygens (including phenoxy) is 3. The Hall–Kier alpha value is -1.50. The molecule has 1 fully saturated rings. The van der Waals surface area contributed by atoms with Crippen molar-refractivity contribution in [3.05, 3.63) is 22.7 Å². The number of nitrogens with one attached hydrogen (secondary N) is 1. The maximum Gasteiger partial charge on any atom is 0.251 e. The molecule has 1 amide bonds. The van der Waals surface area contributed by atoms with E-state index in [0.717, 1.165) is 19.6 Å². The Morgan fingerprint density at radius 2 is 2.12 bits per heavy atom. The second kappa shape index (κ2) is 8.25. The average molecular weight is 369 g/mol. The first kappa shape index (κ1) is 18.3. The Labute approximate surface area is 153 Å². The van der Waals surface area contributed by atoms with Crippen LogP contribution in [-0.4, -0.2) is 62.9 Å². The summed E-state index contributed by atoms with van der Waals surface area (Å²) in [6.07, 6.45) is 0.00383. The molecule has 6 nitrogen and oxygen atoms in total. The lowest BCUT2D eigenvalue weighted by Gasteiger charge is -2.34. The number of rotatable bonds is 5. The van der Waals surface area contributed by atoms with E-state index < -0.39 is 0 Å². The monoisotopic (exact) mass is 368 g/mol. The molecule has 2 aliphatic heterocycles. The van der Waals surface area contributed by atoms with E-state index in [9.17, 15) is 4.79 Å². The van der Waals surface area contributed by atoms with Crippen LogP contribution in [-0.2, 0) is 4.74 Å². The summed E-state index contributed by atoms with van der Waals surface area (Å²) in [5.41, 5.74) is 0.462. The van der Waals surface area contributed by atoms with Crippen molar-refractivity contribution < 1.29 is 19.0 Å². The molecule has 138 valence electrons. The Morgan fingerprint density at radius 1 is 1.32 bits per heavy atom. The third-order valence-electron chi connectivity index (χ3n) is 4.20. The van der Waals surface area contributed by atoms with Gasteiger partial charge in [-0.1, -0.05) is 25.4 Å². The Bertz CT molecular complexity index is 623. The van der Waals surface area contributed by atoms with Crippen LogP contribution in [0.4, 0.5) is 0 Å². The Balaban J connectivity index is 1.56. The fraction of sp³-hybridized carbons (Fsp3) is 0.611. The van der Waals surface area contributed by atoms with E-state index >= 15 is 0 Å². The van der Waals surface area contributed by atoms with E-state index in [-0.39, 0.29) is 12.0 Å². The van der Waals surface area contributed by atoms with Crippen molar-refractivity contribution >= 4 is 17.5 Å². The lowest BCUT2D eigenvalue weighted by atomic mass is 10.1. The second-order valence-corrected chi connectivity index (χ2v) is 7.25. The SMILES string of the molecule is CC(C)CN1CCO[C@@H](CNC(=O)c2cc(Cl)c3c(c2)OCCO3)C1. The van der Waals surface area contributed by atoms with Crippen LogP contribution in [0.25, 0.3) is 0 Å². The summed E-state index contributed by atoms with van der Waals surface area (Å²) in [6, 6.07) is 3.28. The highest BCUT2D eigenvalue weighted by molar-refractivity contribution is 6.32. The average Bonchev–Trinajstić information content (AvgIpc) is 2.59. The molecular weight excluding hydrogens is 344 g/mol. The molecule has 0 aliphatic carbocycles. The first-order valence-electron chi connectivity index (χ1n) is 8.74. The van der Waals surface area contributed by atoms with Crippen LogP contribution < -0.4 is 14.8 Å². The van der Waals surface area contributed by atoms with E-state index in [0.29, 0.717) is 54.4 Å². The molecule has 0 radical (unpaired) electrons. The number of hydrogen-bond donors (Lipinski definition) is 1. The molecule has 25 heavy (non-hydrogen) atoms. The first-order chi connectivity index (χ1) is 12.0. The van der Waals surface area contributed by atoms with E-state index in [1.165, 1.54) is 0 Å². The highest BCUT2D eigenvalue weighted by Crippen LogP contribution is 2.38. The minimum absolute atomic E-state index is 0.00383. The molecule has 0 saturated carbocycles. The molecule has 2 heterocycles. The standard InChI is InChI=1S/C18H25ClN2O4/c1-12(2)10-21-3-4-23-14(11-21)9-20-18(22)13-7-15(19)17-16(8-13)24-5-6-25-17/h7-8,12,14H,3-6,9-11H2,1-2H3,(H,20,22)/t14-/m0/s1. The van der Waals surface area contributed by atoms with Crippen molar-refractivity contribution in [3.63, 3.8) is 0 Å². The van der Waals surface area contributed by atoms with Gasteiger partial charge in [-0.05, 0) is 18.1 Å². The van der Waals surface area contributed by atoms with Crippen molar-refractivity contribution in [2.24, 2.45) is 5.92 Å². The molecule has 1 aromatic rings. The minimum Gasteiger partial charge on any atom is -0.486 e. The van der Waals surface area contributed by atoms with Gasteiger partial charge in [-0.2, -0.15) is 0 Å². The third-order valence-corrected chi connectivity index (χ3v) is 4.48. The highest BCUT2D eigenvalue weighted by atomic mass is 35.5. The molecule has 1 saturated heterocycles. The third kappa shape index (κ3) is 4.77. The van der Waals surface area contributed by atoms with Gasteiger partial charge < -0.3 is 19.5 Å². The van der Waals surface area contributed by atoms with Crippen molar-refractivity contribution in [2.75, 3.05) is 46.0 Å². The molecule has 1 N–H and O–H groups in total. The number of fused-ring (bicyclic) bond motifs is 1. The van der Waals surface area contributed by atoms with Crippen LogP contribution in [0.3, 0.4) is 0 Å². The maximum atomic E-state index is 12.4. The van der Waals surface area contributed by atoms with Gasteiger partial charge in [0.15, 0.2) is 11.5 Å². The fourth-order valence-corrected chi connectivity index (χ4v) is 3.40. The van der Waals surface area contributed by atoms with Crippen LogP contribution in [0.1, 0.15) is 24.2 Å². The number of halogens is 1. The van der Waals surface area contributed by atoms with E-state index in [1.54, 1.807) is 12.1 Å². The van der Waals surface area contributed by atoms with Crippen LogP contribution in [0.2, 0.25) is 5.02 Å². The summed E-state index contributed by atoms with van der Waals surface area (Å²) in [6.45, 7) is 9.32. The summed E-state index contributed by atoms with van der Waals surface area (Å²) in [7, 11) is 0. The second-order valence-electron chi connectivity index (χ2n) is 6.84. The Kier molecular flexibility index (Phi) is 6.04. The van der Waals surface area contributed by atoms with Crippen molar-refractivity contribution in [2.45, 2.75) is 20.0 Å². The fourth-order valence-electron chi connectivity index (χ4n) is 3.14. The number of benzene rings is 1. The van der Waals surface area contributed by atoms with Crippen LogP contribution in [0, 0.1) is 5.92 Å². The molecule has 0 bridgehead atoms. The summed E-state index contributed by atoms with van der Waals surface area (Å²) in [4.78, 5) is 14.8. The normalized spacial score (nSPS) is 20.6. The van der Waals surface area contributed by atoms with Crippen molar-refractivity contribution in [3.8, 4) is 11.5 Å². The predicted octanol–water partition coefficient (Wildman–Crippen LogP) is 2.20. The van der Waals surface area contributed by atoms with Crippen LogP contribution in [0.5, 0.6) is 11.5 Å². The lowest BCUT2D eigenvalue weighted by molar-refractivity contribution is -0.0295. The zero-order chi connectivity index (χ0) is 17.8. The molecular formula is C18H25ClN2O4. The number of carbonyl (C=O) groups excluding carboxylic acids is 1. The highest BCUT2D eigenvalue weighted by Gasteiger charge is 2.23. The van der Waals surface area contributed by atoms with Crippen LogP contribution >= 0.6 is 11.6 Å². The number of nitrogens with zero attached hydrogens (tertiary/aromatic N) is 1. The molecule has 3 rings (SSSR count). The molecule has 1 aromatic carbocycles. The lowest BCUT2D eigenvalue weighted by Crippen LogP contribution is -2.48. The molecule has 2 aliphatic rings. The Morgan fingerprint density at radius 3 is 2.92 bits per heavy atom. The van der Waals surface area contributed by atoms with Crippen LogP contribution in [0.15, 0.2) is 12.1 Å². The van der Waals surface area contributed by atoms with Gasteiger partial charge in [0.25, 0.3) is 5.91 Å². The summed E-state index contributed by atoms with van der Waals surface area (Å²) in [5, 5.41) is 3.32. The molecule has 1 atom stereocenters. The molecule has 7 heteroatoms. The number of carbonyl (C=O) groups is 1. The predicted molar refractivity (Wildman–Crippen MR) is 95.8 cm³/mol. The maximum absolute atomic E-state index is 12.4. The van der Waals surface area contributed by atoms with Gasteiger partial charge in [0.2, 0.25) is 0 Å². The van der Waals surface area contributed by atoms with Gasteiger partial charge >= 0.3 is 0 Å². The van der Waals surface area contributed by atoms with Gasteiger partial charge in [0, 0.05) is 31.7 Å². The summed E-state index contributed by atoms with van der Waals surface area (Å²) < 4.78 is 16.8.